The van der Waals surface area contributed by atoms with Crippen LogP contribution in [0.1, 0.15) is 45.8 Å². The summed E-state index contributed by atoms with van der Waals surface area (Å²) < 4.78 is 0. The molecule has 3 N–H and O–H groups in total. The van der Waals surface area contributed by atoms with Gasteiger partial charge in [-0.25, -0.2) is 0 Å². The number of carbonyl (C=O) groups excluding carboxylic acids is 2. The number of rotatable bonds is 8. The number of nitrogens with zero attached hydrogens (tertiary/aromatic N) is 3. The van der Waals surface area contributed by atoms with Gasteiger partial charge in [0.1, 0.15) is 6.04 Å². The van der Waals surface area contributed by atoms with Gasteiger partial charge < -0.3 is 16.0 Å². The number of thiophene rings is 1. The van der Waals surface area contributed by atoms with Crippen molar-refractivity contribution in [3.63, 3.8) is 0 Å². The van der Waals surface area contributed by atoms with E-state index in [2.05, 4.69) is 34.3 Å². The van der Waals surface area contributed by atoms with Crippen molar-refractivity contribution in [1.82, 2.24) is 20.1 Å². The molecule has 0 aromatic carbocycles. The lowest BCUT2D eigenvalue weighted by atomic mass is 9.93. The van der Waals surface area contributed by atoms with E-state index in [9.17, 15) is 9.59 Å². The van der Waals surface area contributed by atoms with Crippen molar-refractivity contribution in [3.05, 3.63) is 52.0 Å². The maximum absolute atomic E-state index is 13.2. The Kier molecular flexibility index (Phi) is 6.99. The van der Waals surface area contributed by atoms with Crippen molar-refractivity contribution < 1.29 is 9.59 Å². The zero-order valence-corrected chi connectivity index (χ0v) is 18.8. The molecule has 3 heterocycles. The highest BCUT2D eigenvalue weighted by atomic mass is 32.1. The highest BCUT2D eigenvalue weighted by Crippen LogP contribution is 2.35. The molecule has 7 nitrogen and oxygen atoms in total. The number of hydrogen-bond donors (Lipinski definition) is 2. The largest absolute Gasteiger partial charge is 0.353 e. The molecule has 31 heavy (non-hydrogen) atoms. The zero-order chi connectivity index (χ0) is 21.8. The van der Waals surface area contributed by atoms with E-state index in [-0.39, 0.29) is 17.9 Å². The third-order valence-corrected chi connectivity index (χ3v) is 7.10. The highest BCUT2D eigenvalue weighted by Gasteiger charge is 2.42. The molecule has 1 saturated carbocycles. The van der Waals surface area contributed by atoms with E-state index in [0.29, 0.717) is 37.7 Å². The van der Waals surface area contributed by atoms with Crippen LogP contribution in [0.4, 0.5) is 0 Å². The molecule has 1 saturated heterocycles. The summed E-state index contributed by atoms with van der Waals surface area (Å²) in [6.07, 6.45) is 7.15. The Bertz CT molecular complexity index is 898. The van der Waals surface area contributed by atoms with Crippen LogP contribution < -0.4 is 11.1 Å². The number of piperidine rings is 1. The summed E-state index contributed by atoms with van der Waals surface area (Å²) in [5.74, 6) is -0.249. The summed E-state index contributed by atoms with van der Waals surface area (Å²) in [6.45, 7) is 4.41. The Morgan fingerprint density at radius 1 is 1.26 bits per heavy atom. The number of likely N-dealkylation sites (tertiary alicyclic amines) is 1. The molecule has 2 amide bonds. The average Bonchev–Trinajstić information content (AvgIpc) is 3.56. The van der Waals surface area contributed by atoms with Crippen molar-refractivity contribution in [2.45, 2.75) is 57.3 Å². The summed E-state index contributed by atoms with van der Waals surface area (Å²) in [7, 11) is 0. The van der Waals surface area contributed by atoms with Gasteiger partial charge in [0.25, 0.3) is 5.91 Å². The predicted octanol–water partition coefficient (Wildman–Crippen LogP) is 2.16. The summed E-state index contributed by atoms with van der Waals surface area (Å²) in [5.41, 5.74) is 6.11. The molecule has 0 spiro atoms. The summed E-state index contributed by atoms with van der Waals surface area (Å²) in [6, 6.07) is 8.25. The fourth-order valence-electron chi connectivity index (χ4n) is 4.42. The molecule has 2 fully saturated rings. The minimum atomic E-state index is -0.496. The van der Waals surface area contributed by atoms with Crippen LogP contribution in [-0.2, 0) is 11.3 Å². The number of aromatic nitrogens is 1. The smallest absolute Gasteiger partial charge is 0.256 e. The first-order valence-electron chi connectivity index (χ1n) is 11.1. The topological polar surface area (TPSA) is 91.6 Å². The number of nitrogens with two attached hydrogens (primary N) is 1. The van der Waals surface area contributed by atoms with Crippen molar-refractivity contribution >= 4 is 23.2 Å². The van der Waals surface area contributed by atoms with Crippen molar-refractivity contribution in [3.8, 4) is 0 Å². The van der Waals surface area contributed by atoms with Gasteiger partial charge in [0.2, 0.25) is 5.91 Å². The first-order valence-corrected chi connectivity index (χ1v) is 11.9. The molecule has 1 unspecified atom stereocenters. The van der Waals surface area contributed by atoms with Crippen LogP contribution in [0.15, 0.2) is 36.7 Å². The summed E-state index contributed by atoms with van der Waals surface area (Å²) in [5, 5.41) is 2.91. The van der Waals surface area contributed by atoms with Gasteiger partial charge in [-0.15, -0.1) is 11.3 Å². The van der Waals surface area contributed by atoms with Gasteiger partial charge in [0.15, 0.2) is 0 Å². The van der Waals surface area contributed by atoms with E-state index >= 15 is 0 Å². The minimum Gasteiger partial charge on any atom is -0.353 e. The molecule has 2 aromatic rings. The summed E-state index contributed by atoms with van der Waals surface area (Å²) >= 11 is 1.84. The van der Waals surface area contributed by atoms with E-state index < -0.39 is 6.04 Å². The van der Waals surface area contributed by atoms with Crippen LogP contribution in [0.2, 0.25) is 0 Å². The zero-order valence-electron chi connectivity index (χ0n) is 18.0. The van der Waals surface area contributed by atoms with Crippen LogP contribution in [-0.4, -0.2) is 64.4 Å². The Morgan fingerprint density at radius 3 is 2.74 bits per heavy atom. The van der Waals surface area contributed by atoms with Gasteiger partial charge in [-0.1, -0.05) is 0 Å². The Balaban J connectivity index is 1.52. The molecular formula is C23H31N5O2S. The normalized spacial score (nSPS) is 21.3. The molecule has 1 aliphatic carbocycles. The second-order valence-electron chi connectivity index (χ2n) is 8.43. The first-order chi connectivity index (χ1) is 15.1. The quantitative estimate of drug-likeness (QED) is 0.655. The van der Waals surface area contributed by atoms with Crippen LogP contribution in [0.25, 0.3) is 0 Å². The maximum Gasteiger partial charge on any atom is 0.256 e. The first kappa shape index (κ1) is 21.9. The second-order valence-corrected chi connectivity index (χ2v) is 9.80. The van der Waals surface area contributed by atoms with Gasteiger partial charge in [0, 0.05) is 60.4 Å². The standard InChI is InChI=1S/C23H31N5O2S/c1-16-4-7-20(31-16)15-28(18-5-6-18)19-8-12-27(21(13-19)22(29)26-11-9-24)23(30)17-3-2-10-25-14-17/h2-4,7,10,14,18-19,21H,5-6,8-9,11-13,15,24H2,1H3,(H,26,29)/t19?,21-/m1/s1. The number of hydrogen-bond acceptors (Lipinski definition) is 6. The lowest BCUT2D eigenvalue weighted by Crippen LogP contribution is -2.57. The van der Waals surface area contributed by atoms with Crippen LogP contribution >= 0.6 is 11.3 Å². The van der Waals surface area contributed by atoms with Gasteiger partial charge in [-0.3, -0.25) is 19.5 Å². The number of pyridine rings is 1. The van der Waals surface area contributed by atoms with Crippen LogP contribution in [0.3, 0.4) is 0 Å². The Labute approximate surface area is 187 Å². The molecule has 1 aliphatic heterocycles. The lowest BCUT2D eigenvalue weighted by molar-refractivity contribution is -0.127. The Hall–Kier alpha value is -2.29. The molecule has 8 heteroatoms. The second kappa shape index (κ2) is 9.89. The fraction of sp³-hybridized carbons (Fsp3) is 0.522. The number of aryl methyl sites for hydroxylation is 1. The molecule has 2 atom stereocenters. The van der Waals surface area contributed by atoms with E-state index in [4.69, 9.17) is 5.73 Å². The molecule has 0 bridgehead atoms. The van der Waals surface area contributed by atoms with Gasteiger partial charge in [-0.2, -0.15) is 0 Å². The SMILES string of the molecule is Cc1ccc(CN(C2CC2)C2CCN(C(=O)c3cccnc3)[C@@H](C(=O)NCCN)C2)s1. The molecule has 2 aliphatic rings. The Morgan fingerprint density at radius 2 is 2.10 bits per heavy atom. The van der Waals surface area contributed by atoms with Crippen molar-refractivity contribution in [2.75, 3.05) is 19.6 Å². The van der Waals surface area contributed by atoms with Crippen molar-refractivity contribution in [2.24, 2.45) is 5.73 Å². The maximum atomic E-state index is 13.2. The molecule has 0 radical (unpaired) electrons. The minimum absolute atomic E-state index is 0.116. The lowest BCUT2D eigenvalue weighted by Gasteiger charge is -2.43. The third-order valence-electron chi connectivity index (χ3n) is 6.11. The van der Waals surface area contributed by atoms with Gasteiger partial charge in [0.05, 0.1) is 5.56 Å². The van der Waals surface area contributed by atoms with Crippen LogP contribution in [0, 0.1) is 6.92 Å². The van der Waals surface area contributed by atoms with Crippen molar-refractivity contribution in [1.29, 1.82) is 0 Å². The van der Waals surface area contributed by atoms with E-state index in [0.717, 1.165) is 13.0 Å². The van der Waals surface area contributed by atoms with E-state index in [1.165, 1.54) is 22.6 Å². The number of carbonyl (C=O) groups is 2. The van der Waals surface area contributed by atoms with E-state index in [1.807, 2.05) is 11.3 Å². The highest BCUT2D eigenvalue weighted by molar-refractivity contribution is 7.11. The predicted molar refractivity (Wildman–Crippen MR) is 122 cm³/mol. The molecule has 166 valence electrons. The third kappa shape index (κ3) is 5.31. The van der Waals surface area contributed by atoms with Gasteiger partial charge in [-0.05, 0) is 56.9 Å². The number of amides is 2. The fourth-order valence-corrected chi connectivity index (χ4v) is 5.32. The molecular weight excluding hydrogens is 410 g/mol. The van der Waals surface area contributed by atoms with E-state index in [1.54, 1.807) is 29.4 Å². The average molecular weight is 442 g/mol. The van der Waals surface area contributed by atoms with Crippen LogP contribution in [0.5, 0.6) is 0 Å². The molecule has 4 rings (SSSR count). The molecule has 2 aromatic heterocycles. The summed E-state index contributed by atoms with van der Waals surface area (Å²) in [4.78, 5) is 37.2. The monoisotopic (exact) mass is 441 g/mol. The number of nitrogens with one attached hydrogen (secondary N) is 1. The van der Waals surface area contributed by atoms with Gasteiger partial charge >= 0.3 is 0 Å².